The number of ether oxygens (including phenoxy) is 3. The first kappa shape index (κ1) is 29.5. The molecule has 9 heteroatoms. The molecular weight excluding hydrogens is 590 g/mol. The van der Waals surface area contributed by atoms with Crippen LogP contribution in [0.2, 0.25) is 0 Å². The fourth-order valence-electron chi connectivity index (χ4n) is 10.0. The number of aliphatic hydroxyl groups is 2. The molecule has 0 aromatic heterocycles. The third kappa shape index (κ3) is 4.07. The van der Waals surface area contributed by atoms with E-state index in [-0.39, 0.29) is 29.3 Å². The van der Waals surface area contributed by atoms with Gasteiger partial charge < -0.3 is 30.2 Å². The van der Waals surface area contributed by atoms with E-state index in [0.29, 0.717) is 25.1 Å². The molecule has 3 saturated carbocycles. The maximum Gasteiger partial charge on any atom is 0.193 e. The Kier molecular flexibility index (Phi) is 6.73. The van der Waals surface area contributed by atoms with Crippen LogP contribution >= 0.6 is 11.8 Å². The van der Waals surface area contributed by atoms with Crippen molar-refractivity contribution in [1.82, 2.24) is 0 Å². The van der Waals surface area contributed by atoms with Gasteiger partial charge in [-0.25, -0.2) is 0 Å². The average molecular weight is 630 g/mol. The van der Waals surface area contributed by atoms with Gasteiger partial charge in [0.1, 0.15) is 12.4 Å². The summed E-state index contributed by atoms with van der Waals surface area (Å²) in [5, 5.41) is 22.1. The molecule has 4 N–H and O–H groups in total. The van der Waals surface area contributed by atoms with E-state index < -0.39 is 41.5 Å². The summed E-state index contributed by atoms with van der Waals surface area (Å²) in [7, 11) is 0. The number of anilines is 1. The number of hydrogen-bond donors (Lipinski definition) is 3. The van der Waals surface area contributed by atoms with Crippen LogP contribution < -0.4 is 10.5 Å². The number of benzene rings is 2. The molecule has 8 rings (SSSR count). The van der Waals surface area contributed by atoms with Gasteiger partial charge in [-0.3, -0.25) is 9.59 Å². The van der Waals surface area contributed by atoms with Gasteiger partial charge in [-0.05, 0) is 73.9 Å². The van der Waals surface area contributed by atoms with Gasteiger partial charge in [0.2, 0.25) is 0 Å². The van der Waals surface area contributed by atoms with E-state index in [0.717, 1.165) is 51.5 Å². The molecule has 9 atom stereocenters. The molecule has 45 heavy (non-hydrogen) atoms. The Morgan fingerprint density at radius 2 is 1.93 bits per heavy atom. The molecular formula is C36H39NO7S. The molecule has 0 amide bonds. The summed E-state index contributed by atoms with van der Waals surface area (Å²) in [6.45, 7) is 4.17. The lowest BCUT2D eigenvalue weighted by molar-refractivity contribution is -0.201. The predicted octanol–water partition coefficient (Wildman–Crippen LogP) is 4.96. The molecule has 6 aliphatic rings. The smallest absolute Gasteiger partial charge is 0.193 e. The van der Waals surface area contributed by atoms with E-state index in [1.165, 1.54) is 0 Å². The molecule has 4 aliphatic carbocycles. The zero-order valence-electron chi connectivity index (χ0n) is 25.5. The third-order valence-electron chi connectivity index (χ3n) is 12.0. The number of hydrogen-bond acceptors (Lipinski definition) is 9. The van der Waals surface area contributed by atoms with Crippen molar-refractivity contribution < 1.29 is 34.0 Å². The standard InChI is InChI=1S/C36H39NO7S/c1-34-13-11-21(39)15-20(34)5-8-23-25-16-30-36(29(41)18-38,35(25,2)17-27(40)31(23)34)44-33(43-30)19-3-6-22(7-4-19)45-28-10-9-26(37)32-24(28)12-14-42-32/h3-4,6-7,9-11,13,15,23,25,27,30-31,33,38,40H,5,8,12,14,16-18,37H2,1-2H3/t23-,25-,27-,30+,31+,33+,34-,35-,36+/m0/s1. The molecule has 0 bridgehead atoms. The molecule has 236 valence electrons. The molecule has 0 radical (unpaired) electrons. The SMILES string of the molecule is C[C@]12C=CC(=O)C=C1CC[C@@H]1[C@@H]2[C@@H](O)C[C@@]2(C)[C@H]1C[C@H]1O[C@@H](c3ccc(Sc4ccc(N)c5c4CCO5)cc3)O[C@]12C(=O)CO. The van der Waals surface area contributed by atoms with Crippen molar-refractivity contribution in [2.24, 2.45) is 28.6 Å². The quantitative estimate of drug-likeness (QED) is 0.393. The van der Waals surface area contributed by atoms with Crippen LogP contribution in [0.4, 0.5) is 5.69 Å². The van der Waals surface area contributed by atoms with E-state index in [2.05, 4.69) is 13.8 Å². The highest BCUT2D eigenvalue weighted by molar-refractivity contribution is 7.99. The number of nitrogen functional groups attached to an aromatic ring is 1. The van der Waals surface area contributed by atoms with Crippen molar-refractivity contribution in [2.45, 2.75) is 79.8 Å². The number of carbonyl (C=O) groups excluding carboxylic acids is 2. The summed E-state index contributed by atoms with van der Waals surface area (Å²) in [6, 6.07) is 11.9. The first-order valence-electron chi connectivity index (χ1n) is 16.0. The highest BCUT2D eigenvalue weighted by atomic mass is 32.2. The highest BCUT2D eigenvalue weighted by Crippen LogP contribution is 2.70. The van der Waals surface area contributed by atoms with Gasteiger partial charge in [0.05, 0.1) is 24.5 Å². The van der Waals surface area contributed by atoms with Crippen molar-refractivity contribution >= 4 is 29.0 Å². The van der Waals surface area contributed by atoms with Gasteiger partial charge in [0, 0.05) is 44.1 Å². The Morgan fingerprint density at radius 3 is 2.71 bits per heavy atom. The van der Waals surface area contributed by atoms with Crippen LogP contribution in [-0.2, 0) is 25.5 Å². The fourth-order valence-corrected chi connectivity index (χ4v) is 11.0. The Bertz CT molecular complexity index is 1650. The number of carbonyl (C=O) groups is 2. The van der Waals surface area contributed by atoms with Gasteiger partial charge in [-0.15, -0.1) is 0 Å². The van der Waals surface area contributed by atoms with Crippen molar-refractivity contribution in [3.05, 3.63) is 71.3 Å². The Morgan fingerprint density at radius 1 is 1.13 bits per heavy atom. The zero-order chi connectivity index (χ0) is 31.3. The maximum atomic E-state index is 13.8. The molecule has 4 fully saturated rings. The maximum absolute atomic E-state index is 13.8. The first-order chi connectivity index (χ1) is 21.6. The second kappa shape index (κ2) is 10.3. The van der Waals surface area contributed by atoms with Crippen LogP contribution in [-0.4, -0.2) is 52.8 Å². The summed E-state index contributed by atoms with van der Waals surface area (Å²) >= 11 is 1.65. The van der Waals surface area contributed by atoms with Crippen molar-refractivity contribution in [1.29, 1.82) is 0 Å². The lowest BCUT2D eigenvalue weighted by atomic mass is 9.46. The van der Waals surface area contributed by atoms with E-state index in [9.17, 15) is 19.8 Å². The minimum Gasteiger partial charge on any atom is -0.491 e. The number of fused-ring (bicyclic) bond motifs is 8. The molecule has 0 unspecified atom stereocenters. The van der Waals surface area contributed by atoms with Gasteiger partial charge in [-0.1, -0.05) is 49.4 Å². The normalized spacial score (nSPS) is 39.3. The van der Waals surface area contributed by atoms with Crippen LogP contribution in [0.15, 0.2) is 70.0 Å². The van der Waals surface area contributed by atoms with E-state index in [4.69, 9.17) is 19.9 Å². The van der Waals surface area contributed by atoms with Crippen molar-refractivity contribution in [3.8, 4) is 5.75 Å². The molecule has 1 saturated heterocycles. The molecule has 2 heterocycles. The summed E-state index contributed by atoms with van der Waals surface area (Å²) in [4.78, 5) is 28.2. The Labute approximate surface area is 267 Å². The average Bonchev–Trinajstić information content (AvgIpc) is 3.73. The molecule has 2 aromatic carbocycles. The number of ketones is 2. The Balaban J connectivity index is 1.07. The van der Waals surface area contributed by atoms with Crippen LogP contribution in [0.1, 0.15) is 56.9 Å². The van der Waals surface area contributed by atoms with E-state index in [1.807, 2.05) is 42.5 Å². The number of allylic oxidation sites excluding steroid dienone is 4. The van der Waals surface area contributed by atoms with Gasteiger partial charge in [0.15, 0.2) is 23.5 Å². The highest BCUT2D eigenvalue weighted by Gasteiger charge is 2.75. The van der Waals surface area contributed by atoms with Gasteiger partial charge in [0.25, 0.3) is 0 Å². The number of rotatable bonds is 5. The summed E-state index contributed by atoms with van der Waals surface area (Å²) in [6.07, 6.45) is 6.75. The van der Waals surface area contributed by atoms with Crippen LogP contribution in [0.25, 0.3) is 0 Å². The lowest BCUT2D eigenvalue weighted by Gasteiger charge is -2.59. The predicted molar refractivity (Wildman–Crippen MR) is 168 cm³/mol. The number of Topliss-reactive ketones (excluding diaryl/α,β-unsaturated/α-hetero) is 1. The van der Waals surface area contributed by atoms with Crippen LogP contribution in [0.5, 0.6) is 5.75 Å². The van der Waals surface area contributed by atoms with E-state index >= 15 is 0 Å². The largest absolute Gasteiger partial charge is 0.491 e. The summed E-state index contributed by atoms with van der Waals surface area (Å²) < 4.78 is 19.1. The summed E-state index contributed by atoms with van der Waals surface area (Å²) in [5.74, 6) is 0.501. The van der Waals surface area contributed by atoms with Crippen LogP contribution in [0, 0.1) is 28.6 Å². The zero-order valence-corrected chi connectivity index (χ0v) is 26.3. The third-order valence-corrected chi connectivity index (χ3v) is 13.1. The molecule has 8 nitrogen and oxygen atoms in total. The minimum atomic E-state index is -1.36. The fraction of sp³-hybridized carbons (Fsp3) is 0.500. The van der Waals surface area contributed by atoms with Gasteiger partial charge in [-0.2, -0.15) is 0 Å². The molecule has 2 aliphatic heterocycles. The van der Waals surface area contributed by atoms with E-state index in [1.54, 1.807) is 23.9 Å². The van der Waals surface area contributed by atoms with Crippen molar-refractivity contribution in [2.75, 3.05) is 18.9 Å². The lowest BCUT2D eigenvalue weighted by Crippen LogP contribution is -2.63. The minimum absolute atomic E-state index is 0.00165. The first-order valence-corrected chi connectivity index (χ1v) is 16.8. The monoisotopic (exact) mass is 629 g/mol. The summed E-state index contributed by atoms with van der Waals surface area (Å²) in [5.41, 5.74) is 7.28. The van der Waals surface area contributed by atoms with Gasteiger partial charge >= 0.3 is 0 Å². The number of aliphatic hydroxyl groups excluding tert-OH is 2. The second-order valence-electron chi connectivity index (χ2n) is 14.1. The number of nitrogens with two attached hydrogens (primary N) is 1. The van der Waals surface area contributed by atoms with Crippen LogP contribution in [0.3, 0.4) is 0 Å². The molecule has 0 spiro atoms. The Hall–Kier alpha value is -2.95. The topological polar surface area (TPSA) is 128 Å². The van der Waals surface area contributed by atoms with Crippen molar-refractivity contribution in [3.63, 3.8) is 0 Å². The second-order valence-corrected chi connectivity index (χ2v) is 15.2. The molecule has 2 aromatic rings.